The summed E-state index contributed by atoms with van der Waals surface area (Å²) in [7, 11) is 0. The van der Waals surface area contributed by atoms with E-state index in [9.17, 15) is 15.3 Å². The first-order valence-corrected chi connectivity index (χ1v) is 7.88. The minimum Gasteiger partial charge on any atom is -0.460 e. The second-order valence-corrected chi connectivity index (χ2v) is 6.47. The second kappa shape index (κ2) is 5.99. The molecule has 1 fully saturated rings. The van der Waals surface area contributed by atoms with Gasteiger partial charge in [0, 0.05) is 10.7 Å². The minimum atomic E-state index is -1.37. The number of benzene rings is 1. The summed E-state index contributed by atoms with van der Waals surface area (Å²) in [6.07, 6.45) is -4.07. The summed E-state index contributed by atoms with van der Waals surface area (Å²) in [4.78, 5) is 3.01. The molecule has 2 aromatic rings. The van der Waals surface area contributed by atoms with Crippen LogP contribution < -0.4 is 4.74 Å². The Morgan fingerprint density at radius 3 is 2.68 bits per heavy atom. The van der Waals surface area contributed by atoms with Crippen molar-refractivity contribution in [3.63, 3.8) is 0 Å². The lowest BCUT2D eigenvalue weighted by Crippen LogP contribution is -2.58. The van der Waals surface area contributed by atoms with Crippen LogP contribution in [0.5, 0.6) is 5.75 Å². The van der Waals surface area contributed by atoms with Crippen molar-refractivity contribution >= 4 is 38.4 Å². The van der Waals surface area contributed by atoms with Crippen LogP contribution in [0.25, 0.3) is 10.9 Å². The maximum absolute atomic E-state index is 10.0. The molecule has 0 spiro atoms. The van der Waals surface area contributed by atoms with Gasteiger partial charge in [-0.1, -0.05) is 11.6 Å². The highest BCUT2D eigenvalue weighted by Gasteiger charge is 2.43. The van der Waals surface area contributed by atoms with Gasteiger partial charge in [0.1, 0.15) is 24.1 Å². The van der Waals surface area contributed by atoms with E-state index in [1.54, 1.807) is 19.2 Å². The third kappa shape index (κ3) is 2.62. The van der Waals surface area contributed by atoms with Crippen LogP contribution in [0.3, 0.4) is 0 Å². The number of halogens is 2. The monoisotopic (exact) mass is 391 g/mol. The van der Waals surface area contributed by atoms with Crippen LogP contribution in [-0.2, 0) is 4.74 Å². The summed E-state index contributed by atoms with van der Waals surface area (Å²) in [5.41, 5.74) is 0.766. The predicted octanol–water partition coefficient (Wildman–Crippen LogP) is 1.79. The van der Waals surface area contributed by atoms with Crippen LogP contribution in [0.1, 0.15) is 6.92 Å². The molecule has 8 heteroatoms. The van der Waals surface area contributed by atoms with Gasteiger partial charge in [0.05, 0.1) is 22.0 Å². The zero-order valence-corrected chi connectivity index (χ0v) is 13.9. The Balaban J connectivity index is 1.92. The highest BCUT2D eigenvalue weighted by atomic mass is 79.9. The summed E-state index contributed by atoms with van der Waals surface area (Å²) in [5.74, 6) is 0.390. The number of rotatable bonds is 2. The Morgan fingerprint density at radius 2 is 1.95 bits per heavy atom. The number of ether oxygens (including phenoxy) is 2. The number of fused-ring (bicyclic) bond motifs is 1. The van der Waals surface area contributed by atoms with Crippen LogP contribution in [0.4, 0.5) is 0 Å². The fraction of sp³-hybridized carbons (Fsp3) is 0.429. The van der Waals surface area contributed by atoms with E-state index in [0.717, 1.165) is 5.52 Å². The maximum atomic E-state index is 10.0. The Labute approximate surface area is 139 Å². The van der Waals surface area contributed by atoms with E-state index in [1.807, 2.05) is 6.07 Å². The Morgan fingerprint density at radius 1 is 1.23 bits per heavy atom. The number of aromatic amines is 1. The first-order chi connectivity index (χ1) is 10.4. The van der Waals surface area contributed by atoms with Crippen molar-refractivity contribution in [3.05, 3.63) is 27.8 Å². The molecule has 0 aliphatic carbocycles. The minimum absolute atomic E-state index is 0.390. The maximum Gasteiger partial charge on any atom is 0.229 e. The van der Waals surface area contributed by atoms with Crippen LogP contribution >= 0.6 is 27.5 Å². The average molecular weight is 393 g/mol. The van der Waals surface area contributed by atoms with E-state index in [4.69, 9.17) is 21.1 Å². The molecule has 3 rings (SSSR count). The van der Waals surface area contributed by atoms with Gasteiger partial charge < -0.3 is 29.8 Å². The van der Waals surface area contributed by atoms with Crippen LogP contribution in [0.15, 0.2) is 22.8 Å². The normalized spacial score (nSPS) is 32.4. The number of aliphatic hydroxyl groups excluding tert-OH is 3. The van der Waals surface area contributed by atoms with E-state index in [-0.39, 0.29) is 0 Å². The molecule has 1 unspecified atom stereocenters. The standard InChI is InChI=1S/C14H15BrClNO5/c1-5-11(18)12(19)13(20)14(21-5)22-8-4-17-7-3-2-6(15)10(16)9(7)8/h2-5,11-14,17-20H,1H3/t5-,11+,12+,13-,14?/m1/s1. The van der Waals surface area contributed by atoms with Crippen molar-refractivity contribution < 1.29 is 24.8 Å². The number of H-pyrrole nitrogens is 1. The van der Waals surface area contributed by atoms with Crippen LogP contribution in [0.2, 0.25) is 5.02 Å². The van der Waals surface area contributed by atoms with Crippen LogP contribution in [-0.4, -0.2) is 51.0 Å². The quantitative estimate of drug-likeness (QED) is 0.625. The topological polar surface area (TPSA) is 94.9 Å². The van der Waals surface area contributed by atoms with Gasteiger partial charge in [0.15, 0.2) is 0 Å². The van der Waals surface area contributed by atoms with Crippen molar-refractivity contribution in [2.24, 2.45) is 0 Å². The van der Waals surface area contributed by atoms with Crippen molar-refractivity contribution in [3.8, 4) is 5.75 Å². The summed E-state index contributed by atoms with van der Waals surface area (Å²) < 4.78 is 11.8. The van der Waals surface area contributed by atoms with E-state index in [0.29, 0.717) is 20.6 Å². The summed E-state index contributed by atoms with van der Waals surface area (Å²) >= 11 is 9.61. The number of aliphatic hydroxyl groups is 3. The fourth-order valence-corrected chi connectivity index (χ4v) is 3.04. The molecule has 1 saturated heterocycles. The van der Waals surface area contributed by atoms with Gasteiger partial charge in [-0.05, 0) is 35.0 Å². The molecular weight excluding hydrogens is 378 g/mol. The zero-order valence-electron chi connectivity index (χ0n) is 11.5. The number of hydrogen-bond donors (Lipinski definition) is 4. The summed E-state index contributed by atoms with van der Waals surface area (Å²) in [6, 6.07) is 3.64. The molecule has 120 valence electrons. The second-order valence-electron chi connectivity index (χ2n) is 5.24. The molecule has 1 aromatic carbocycles. The molecule has 0 radical (unpaired) electrons. The molecule has 6 nitrogen and oxygen atoms in total. The molecule has 4 N–H and O–H groups in total. The van der Waals surface area contributed by atoms with Gasteiger partial charge in [-0.2, -0.15) is 0 Å². The van der Waals surface area contributed by atoms with E-state index in [2.05, 4.69) is 20.9 Å². The molecule has 0 bridgehead atoms. The molecule has 2 heterocycles. The highest BCUT2D eigenvalue weighted by molar-refractivity contribution is 9.10. The number of aromatic nitrogens is 1. The summed E-state index contributed by atoms with van der Waals surface area (Å²) in [6.45, 7) is 1.59. The smallest absolute Gasteiger partial charge is 0.229 e. The molecule has 5 atom stereocenters. The van der Waals surface area contributed by atoms with Gasteiger partial charge >= 0.3 is 0 Å². The van der Waals surface area contributed by atoms with Gasteiger partial charge in [0.25, 0.3) is 0 Å². The molecular formula is C14H15BrClNO5. The summed E-state index contributed by atoms with van der Waals surface area (Å²) in [5, 5.41) is 30.6. The van der Waals surface area contributed by atoms with Gasteiger partial charge in [-0.15, -0.1) is 0 Å². The molecule has 1 aromatic heterocycles. The Bertz CT molecular complexity index is 693. The van der Waals surface area contributed by atoms with E-state index in [1.165, 1.54) is 0 Å². The third-order valence-electron chi connectivity index (χ3n) is 3.75. The van der Waals surface area contributed by atoms with E-state index >= 15 is 0 Å². The van der Waals surface area contributed by atoms with Gasteiger partial charge in [-0.25, -0.2) is 0 Å². The number of nitrogens with one attached hydrogen (secondary N) is 1. The lowest BCUT2D eigenvalue weighted by molar-refractivity contribution is -0.267. The average Bonchev–Trinajstić information content (AvgIpc) is 2.90. The first kappa shape index (κ1) is 16.0. The van der Waals surface area contributed by atoms with Crippen molar-refractivity contribution in [2.75, 3.05) is 0 Å². The molecule has 0 amide bonds. The molecule has 1 aliphatic heterocycles. The number of hydrogen-bond acceptors (Lipinski definition) is 5. The van der Waals surface area contributed by atoms with Crippen molar-refractivity contribution in [1.29, 1.82) is 0 Å². The zero-order chi connectivity index (χ0) is 16.0. The van der Waals surface area contributed by atoms with Crippen LogP contribution in [0, 0.1) is 0 Å². The predicted molar refractivity (Wildman–Crippen MR) is 84.0 cm³/mol. The lowest BCUT2D eigenvalue weighted by Gasteiger charge is -2.38. The third-order valence-corrected chi connectivity index (χ3v) is 5.03. The Kier molecular flexibility index (Phi) is 4.37. The lowest BCUT2D eigenvalue weighted by atomic mass is 10.00. The highest BCUT2D eigenvalue weighted by Crippen LogP contribution is 2.38. The van der Waals surface area contributed by atoms with Gasteiger partial charge in [-0.3, -0.25) is 0 Å². The molecule has 0 saturated carbocycles. The SMILES string of the molecule is C[C@H]1OC(Oc2c[nH]c3ccc(Br)c(Cl)c23)[C@H](O)[C@@H](O)[C@H]1O. The van der Waals surface area contributed by atoms with Crippen molar-refractivity contribution in [1.82, 2.24) is 4.98 Å². The Hall–Kier alpha value is -0.830. The van der Waals surface area contributed by atoms with Gasteiger partial charge in [0.2, 0.25) is 6.29 Å². The first-order valence-electron chi connectivity index (χ1n) is 6.71. The fourth-order valence-electron chi connectivity index (χ4n) is 2.46. The van der Waals surface area contributed by atoms with Crippen molar-refractivity contribution in [2.45, 2.75) is 37.6 Å². The molecule has 22 heavy (non-hydrogen) atoms. The molecule has 1 aliphatic rings. The largest absolute Gasteiger partial charge is 0.460 e. The van der Waals surface area contributed by atoms with E-state index < -0.39 is 30.7 Å².